The van der Waals surface area contributed by atoms with Gasteiger partial charge in [-0.05, 0) is 37.1 Å². The minimum atomic E-state index is -0.178. The molecule has 1 unspecified atom stereocenters. The summed E-state index contributed by atoms with van der Waals surface area (Å²) in [6, 6.07) is 5.24. The molecule has 0 spiro atoms. The highest BCUT2D eigenvalue weighted by atomic mass is 19.1. The van der Waals surface area contributed by atoms with Crippen molar-refractivity contribution in [2.45, 2.75) is 33.0 Å². The standard InChI is InChI=1S/C14H18FN3/c1-11-7-14(15)4-3-13(11)8-17-12(2)9-18-6-5-16-10-18/h3-7,10,12,17H,8-9H2,1-2H3. The lowest BCUT2D eigenvalue weighted by Crippen LogP contribution is -2.29. The van der Waals surface area contributed by atoms with Crippen molar-refractivity contribution in [2.75, 3.05) is 0 Å². The van der Waals surface area contributed by atoms with E-state index in [1.165, 1.54) is 6.07 Å². The van der Waals surface area contributed by atoms with Gasteiger partial charge in [0.2, 0.25) is 0 Å². The first-order valence-electron chi connectivity index (χ1n) is 6.09. The van der Waals surface area contributed by atoms with Crippen LogP contribution in [0.4, 0.5) is 4.39 Å². The Bertz CT molecular complexity index is 494. The number of halogens is 1. The zero-order valence-corrected chi connectivity index (χ0v) is 10.7. The second-order valence-electron chi connectivity index (χ2n) is 4.61. The van der Waals surface area contributed by atoms with Crippen molar-refractivity contribution >= 4 is 0 Å². The summed E-state index contributed by atoms with van der Waals surface area (Å²) in [6.07, 6.45) is 5.53. The van der Waals surface area contributed by atoms with Crippen LogP contribution in [0.15, 0.2) is 36.9 Å². The number of rotatable bonds is 5. The van der Waals surface area contributed by atoms with Gasteiger partial charge in [0.1, 0.15) is 5.82 Å². The Hall–Kier alpha value is -1.68. The van der Waals surface area contributed by atoms with Crippen LogP contribution in [0.25, 0.3) is 0 Å². The highest BCUT2D eigenvalue weighted by molar-refractivity contribution is 5.26. The van der Waals surface area contributed by atoms with Gasteiger partial charge >= 0.3 is 0 Å². The average molecular weight is 247 g/mol. The summed E-state index contributed by atoms with van der Waals surface area (Å²) >= 11 is 0. The zero-order valence-electron chi connectivity index (χ0n) is 10.7. The Morgan fingerprint density at radius 1 is 1.44 bits per heavy atom. The molecule has 0 radical (unpaired) electrons. The first kappa shape index (κ1) is 12.8. The van der Waals surface area contributed by atoms with E-state index in [9.17, 15) is 4.39 Å². The Kier molecular flexibility index (Phi) is 4.10. The maximum atomic E-state index is 13.0. The van der Waals surface area contributed by atoms with Crippen LogP contribution in [0.5, 0.6) is 0 Å². The van der Waals surface area contributed by atoms with Crippen LogP contribution in [0.1, 0.15) is 18.1 Å². The van der Waals surface area contributed by atoms with Crippen molar-refractivity contribution in [1.29, 1.82) is 0 Å². The van der Waals surface area contributed by atoms with E-state index >= 15 is 0 Å². The molecule has 2 aromatic rings. The van der Waals surface area contributed by atoms with Gasteiger partial charge in [-0.2, -0.15) is 0 Å². The summed E-state index contributed by atoms with van der Waals surface area (Å²) in [6.45, 7) is 5.68. The lowest BCUT2D eigenvalue weighted by molar-refractivity contribution is 0.475. The third-order valence-electron chi connectivity index (χ3n) is 2.99. The largest absolute Gasteiger partial charge is 0.336 e. The molecule has 4 heteroatoms. The minimum Gasteiger partial charge on any atom is -0.336 e. The van der Waals surface area contributed by atoms with Gasteiger partial charge in [0, 0.05) is 31.5 Å². The molecular formula is C14H18FN3. The number of hydrogen-bond donors (Lipinski definition) is 1. The number of aryl methyl sites for hydroxylation is 1. The molecule has 1 N–H and O–H groups in total. The van der Waals surface area contributed by atoms with E-state index in [0.29, 0.717) is 6.04 Å². The SMILES string of the molecule is Cc1cc(F)ccc1CNC(C)Cn1ccnc1. The molecule has 0 aliphatic heterocycles. The smallest absolute Gasteiger partial charge is 0.123 e. The molecule has 2 rings (SSSR count). The fraction of sp³-hybridized carbons (Fsp3) is 0.357. The quantitative estimate of drug-likeness (QED) is 0.879. The van der Waals surface area contributed by atoms with Crippen molar-refractivity contribution in [3.8, 4) is 0 Å². The highest BCUT2D eigenvalue weighted by Crippen LogP contribution is 2.10. The Morgan fingerprint density at radius 3 is 2.94 bits per heavy atom. The van der Waals surface area contributed by atoms with Crippen LogP contribution in [0, 0.1) is 12.7 Å². The maximum Gasteiger partial charge on any atom is 0.123 e. The summed E-state index contributed by atoms with van der Waals surface area (Å²) < 4.78 is 15.0. The molecule has 1 heterocycles. The Balaban J connectivity index is 1.87. The molecule has 96 valence electrons. The van der Waals surface area contributed by atoms with Crippen LogP contribution in [-0.4, -0.2) is 15.6 Å². The summed E-state index contributed by atoms with van der Waals surface area (Å²) in [7, 11) is 0. The number of hydrogen-bond acceptors (Lipinski definition) is 2. The summed E-state index contributed by atoms with van der Waals surface area (Å²) in [5.74, 6) is -0.178. The van der Waals surface area contributed by atoms with Gasteiger partial charge in [0.05, 0.1) is 6.33 Å². The first-order valence-corrected chi connectivity index (χ1v) is 6.09. The second-order valence-corrected chi connectivity index (χ2v) is 4.61. The molecule has 1 atom stereocenters. The van der Waals surface area contributed by atoms with Gasteiger partial charge < -0.3 is 9.88 Å². The number of imidazole rings is 1. The van der Waals surface area contributed by atoms with Crippen LogP contribution >= 0.6 is 0 Å². The van der Waals surface area contributed by atoms with E-state index in [1.807, 2.05) is 23.8 Å². The number of benzene rings is 1. The monoisotopic (exact) mass is 247 g/mol. The van der Waals surface area contributed by atoms with Gasteiger partial charge in [-0.15, -0.1) is 0 Å². The molecule has 3 nitrogen and oxygen atoms in total. The minimum absolute atomic E-state index is 0.178. The van der Waals surface area contributed by atoms with Gasteiger partial charge in [0.25, 0.3) is 0 Å². The average Bonchev–Trinajstić information content (AvgIpc) is 2.80. The predicted molar refractivity (Wildman–Crippen MR) is 69.7 cm³/mol. The highest BCUT2D eigenvalue weighted by Gasteiger charge is 2.04. The molecule has 0 saturated heterocycles. The van der Waals surface area contributed by atoms with Crippen molar-refractivity contribution in [3.05, 3.63) is 53.9 Å². The summed E-state index contributed by atoms with van der Waals surface area (Å²) in [4.78, 5) is 4.01. The van der Waals surface area contributed by atoms with Gasteiger partial charge in [-0.3, -0.25) is 0 Å². The number of nitrogens with zero attached hydrogens (tertiary/aromatic N) is 2. The van der Waals surface area contributed by atoms with E-state index in [0.717, 1.165) is 24.2 Å². The lowest BCUT2D eigenvalue weighted by Gasteiger charge is -2.15. The molecule has 0 bridgehead atoms. The molecule has 18 heavy (non-hydrogen) atoms. The molecule has 0 fully saturated rings. The third kappa shape index (κ3) is 3.40. The van der Waals surface area contributed by atoms with Crippen molar-refractivity contribution in [2.24, 2.45) is 0 Å². The topological polar surface area (TPSA) is 29.9 Å². The second kappa shape index (κ2) is 5.78. The van der Waals surface area contributed by atoms with Gasteiger partial charge in [-0.1, -0.05) is 6.07 Å². The zero-order chi connectivity index (χ0) is 13.0. The summed E-state index contributed by atoms with van der Waals surface area (Å²) in [5.41, 5.74) is 2.12. The van der Waals surface area contributed by atoms with Crippen LogP contribution in [0.3, 0.4) is 0 Å². The predicted octanol–water partition coefficient (Wildman–Crippen LogP) is 2.51. The van der Waals surface area contributed by atoms with Crippen molar-refractivity contribution in [3.63, 3.8) is 0 Å². The fourth-order valence-electron chi connectivity index (χ4n) is 1.92. The maximum absolute atomic E-state index is 13.0. The Morgan fingerprint density at radius 2 is 2.28 bits per heavy atom. The van der Waals surface area contributed by atoms with Crippen LogP contribution in [-0.2, 0) is 13.1 Å². The molecule has 0 amide bonds. The molecule has 0 aliphatic rings. The van der Waals surface area contributed by atoms with Crippen molar-refractivity contribution in [1.82, 2.24) is 14.9 Å². The lowest BCUT2D eigenvalue weighted by atomic mass is 10.1. The van der Waals surface area contributed by atoms with E-state index in [1.54, 1.807) is 18.6 Å². The first-order chi connectivity index (χ1) is 8.65. The van der Waals surface area contributed by atoms with E-state index in [2.05, 4.69) is 17.2 Å². The van der Waals surface area contributed by atoms with E-state index < -0.39 is 0 Å². The van der Waals surface area contributed by atoms with Crippen molar-refractivity contribution < 1.29 is 4.39 Å². The molecule has 0 saturated carbocycles. The van der Waals surface area contributed by atoms with Gasteiger partial charge in [0.15, 0.2) is 0 Å². The molecular weight excluding hydrogens is 229 g/mol. The van der Waals surface area contributed by atoms with E-state index in [-0.39, 0.29) is 5.82 Å². The van der Waals surface area contributed by atoms with Gasteiger partial charge in [-0.25, -0.2) is 9.37 Å². The number of aromatic nitrogens is 2. The number of nitrogens with one attached hydrogen (secondary N) is 1. The molecule has 1 aromatic heterocycles. The Labute approximate surface area is 107 Å². The van der Waals surface area contributed by atoms with Crippen LogP contribution < -0.4 is 5.32 Å². The fourth-order valence-corrected chi connectivity index (χ4v) is 1.92. The van der Waals surface area contributed by atoms with Crippen LogP contribution in [0.2, 0.25) is 0 Å². The molecule has 0 aliphatic carbocycles. The molecule has 1 aromatic carbocycles. The van der Waals surface area contributed by atoms with E-state index in [4.69, 9.17) is 0 Å². The third-order valence-corrected chi connectivity index (χ3v) is 2.99. The normalized spacial score (nSPS) is 12.6. The summed E-state index contributed by atoms with van der Waals surface area (Å²) in [5, 5.41) is 3.43.